The van der Waals surface area contributed by atoms with Crippen LogP contribution in [0.1, 0.15) is 6.92 Å². The summed E-state index contributed by atoms with van der Waals surface area (Å²) < 4.78 is 0. The van der Waals surface area contributed by atoms with E-state index in [0.717, 1.165) is 10.9 Å². The van der Waals surface area contributed by atoms with Crippen LogP contribution in [0.3, 0.4) is 0 Å². The molecule has 134 valence electrons. The van der Waals surface area contributed by atoms with Gasteiger partial charge < -0.3 is 19.9 Å². The number of hydrogen-bond donors (Lipinski definition) is 3. The van der Waals surface area contributed by atoms with E-state index in [0.29, 0.717) is 12.2 Å². The number of urea groups is 1. The smallest absolute Gasteiger partial charge is 0.325 e. The molecule has 1 fully saturated rings. The average molecular weight is 355 g/mol. The molecule has 0 bridgehead atoms. The molecule has 1 aromatic heterocycles. The SMILES string of the molecule is CCN1C(N=Nc2c(O)[nH]c3ccccc23)=NC2C1C(=O)NC(=O)N2C. The Labute approximate surface area is 148 Å². The van der Waals surface area contributed by atoms with Crippen molar-refractivity contribution < 1.29 is 14.7 Å². The summed E-state index contributed by atoms with van der Waals surface area (Å²) in [5.74, 6) is -0.272. The van der Waals surface area contributed by atoms with E-state index in [4.69, 9.17) is 0 Å². The average Bonchev–Trinajstić information content (AvgIpc) is 3.15. The molecule has 2 aliphatic rings. The van der Waals surface area contributed by atoms with E-state index >= 15 is 0 Å². The van der Waals surface area contributed by atoms with Crippen LogP contribution < -0.4 is 5.32 Å². The van der Waals surface area contributed by atoms with Crippen LogP contribution in [0, 0.1) is 0 Å². The number of benzene rings is 1. The fourth-order valence-electron chi connectivity index (χ4n) is 3.24. The van der Waals surface area contributed by atoms with Gasteiger partial charge in [0.05, 0.1) is 5.52 Å². The second kappa shape index (κ2) is 5.83. The molecule has 3 amide bonds. The lowest BCUT2D eigenvalue weighted by molar-refractivity contribution is -0.127. The van der Waals surface area contributed by atoms with Crippen molar-refractivity contribution in [2.45, 2.75) is 19.1 Å². The molecule has 2 aromatic rings. The monoisotopic (exact) mass is 355 g/mol. The second-order valence-corrected chi connectivity index (χ2v) is 6.05. The van der Waals surface area contributed by atoms with Crippen molar-refractivity contribution >= 4 is 34.5 Å². The Hall–Kier alpha value is -3.43. The zero-order chi connectivity index (χ0) is 18.4. The van der Waals surface area contributed by atoms with Crippen molar-refractivity contribution in [1.82, 2.24) is 20.1 Å². The van der Waals surface area contributed by atoms with Gasteiger partial charge in [-0.15, -0.1) is 10.2 Å². The number of fused-ring (bicyclic) bond motifs is 2. The van der Waals surface area contributed by atoms with Gasteiger partial charge in [-0.25, -0.2) is 9.79 Å². The molecular weight excluding hydrogens is 338 g/mol. The highest BCUT2D eigenvalue weighted by atomic mass is 16.3. The van der Waals surface area contributed by atoms with Gasteiger partial charge in [-0.3, -0.25) is 10.1 Å². The third kappa shape index (κ3) is 2.30. The summed E-state index contributed by atoms with van der Waals surface area (Å²) in [6.45, 7) is 2.33. The van der Waals surface area contributed by atoms with E-state index in [-0.39, 0.29) is 11.8 Å². The Balaban J connectivity index is 1.70. The summed E-state index contributed by atoms with van der Waals surface area (Å²) >= 11 is 0. The molecule has 0 radical (unpaired) electrons. The Morgan fingerprint density at radius 1 is 1.27 bits per heavy atom. The van der Waals surface area contributed by atoms with Crippen LogP contribution in [-0.4, -0.2) is 63.6 Å². The number of nitrogens with zero attached hydrogens (tertiary/aromatic N) is 5. The Morgan fingerprint density at radius 2 is 2.04 bits per heavy atom. The summed E-state index contributed by atoms with van der Waals surface area (Å²) in [5, 5.41) is 21.4. The van der Waals surface area contributed by atoms with Gasteiger partial charge in [0, 0.05) is 19.0 Å². The van der Waals surface area contributed by atoms with Crippen LogP contribution in [0.4, 0.5) is 10.5 Å². The van der Waals surface area contributed by atoms with Crippen LogP contribution in [0.2, 0.25) is 0 Å². The molecule has 10 heteroatoms. The first-order valence-electron chi connectivity index (χ1n) is 8.14. The zero-order valence-electron chi connectivity index (χ0n) is 14.2. The quantitative estimate of drug-likeness (QED) is 0.706. The molecule has 3 N–H and O–H groups in total. The molecule has 26 heavy (non-hydrogen) atoms. The third-order valence-corrected chi connectivity index (χ3v) is 4.58. The predicted octanol–water partition coefficient (Wildman–Crippen LogP) is 1.52. The number of H-pyrrole nitrogens is 1. The summed E-state index contributed by atoms with van der Waals surface area (Å²) in [5.41, 5.74) is 1.03. The number of aliphatic imine (C=N–C) groups is 1. The summed E-state index contributed by atoms with van der Waals surface area (Å²) in [6.07, 6.45) is -0.651. The number of aromatic hydroxyl groups is 1. The van der Waals surface area contributed by atoms with Gasteiger partial charge >= 0.3 is 6.03 Å². The van der Waals surface area contributed by atoms with Gasteiger partial charge in [0.25, 0.3) is 5.91 Å². The minimum Gasteiger partial charge on any atom is -0.493 e. The van der Waals surface area contributed by atoms with Crippen LogP contribution in [0.5, 0.6) is 5.88 Å². The number of aromatic nitrogens is 1. The number of imide groups is 1. The third-order valence-electron chi connectivity index (χ3n) is 4.58. The molecule has 0 aliphatic carbocycles. The van der Waals surface area contributed by atoms with Crippen molar-refractivity contribution in [2.75, 3.05) is 13.6 Å². The fraction of sp³-hybridized carbons (Fsp3) is 0.312. The van der Waals surface area contributed by atoms with Crippen LogP contribution >= 0.6 is 0 Å². The van der Waals surface area contributed by atoms with Gasteiger partial charge in [0.15, 0.2) is 17.9 Å². The lowest BCUT2D eigenvalue weighted by Gasteiger charge is -2.35. The zero-order valence-corrected chi connectivity index (χ0v) is 14.2. The van der Waals surface area contributed by atoms with Gasteiger partial charge in [-0.1, -0.05) is 18.2 Å². The maximum atomic E-state index is 12.2. The number of hydrogen-bond acceptors (Lipinski definition) is 7. The molecule has 1 aromatic carbocycles. The Kier molecular flexibility index (Phi) is 3.60. The molecule has 1 saturated heterocycles. The fourth-order valence-corrected chi connectivity index (χ4v) is 3.24. The highest BCUT2D eigenvalue weighted by Crippen LogP contribution is 2.35. The van der Waals surface area contributed by atoms with Gasteiger partial charge in [-0.05, 0) is 13.0 Å². The lowest BCUT2D eigenvalue weighted by atomic mass is 10.1. The molecule has 4 rings (SSSR count). The van der Waals surface area contributed by atoms with Crippen LogP contribution in [0.15, 0.2) is 39.5 Å². The number of likely N-dealkylation sites (N-methyl/N-ethyl adjacent to an activating group) is 2. The number of aromatic amines is 1. The molecule has 2 atom stereocenters. The van der Waals surface area contributed by atoms with E-state index in [9.17, 15) is 14.7 Å². The Morgan fingerprint density at radius 3 is 2.81 bits per heavy atom. The molecule has 2 unspecified atom stereocenters. The first kappa shape index (κ1) is 16.1. The number of amides is 3. The van der Waals surface area contributed by atoms with Gasteiger partial charge in [0.2, 0.25) is 11.8 Å². The van der Waals surface area contributed by atoms with E-state index in [2.05, 4.69) is 25.5 Å². The van der Waals surface area contributed by atoms with Crippen LogP contribution in [0.25, 0.3) is 10.9 Å². The molecule has 0 spiro atoms. The number of rotatable bonds is 2. The maximum Gasteiger partial charge on any atom is 0.325 e. The van der Waals surface area contributed by atoms with Crippen molar-refractivity contribution in [2.24, 2.45) is 15.2 Å². The first-order valence-corrected chi connectivity index (χ1v) is 8.14. The van der Waals surface area contributed by atoms with Crippen molar-refractivity contribution in [1.29, 1.82) is 0 Å². The number of guanidine groups is 1. The minimum atomic E-state index is -0.651. The Bertz CT molecular complexity index is 964. The standard InChI is InChI=1S/C16H17N7O3/c1-3-23-11-12(22(2)16(26)19-14(11)25)18-15(23)21-20-10-8-6-4-5-7-9(8)17-13(10)24/h4-7,11-12,17,24H,3H2,1-2H3,(H,19,25,26). The normalized spacial score (nSPS) is 22.9. The molecule has 2 aliphatic heterocycles. The molecular formula is C16H17N7O3. The lowest BCUT2D eigenvalue weighted by Crippen LogP contribution is -2.63. The number of carbonyl (C=O) groups excluding carboxylic acids is 2. The highest BCUT2D eigenvalue weighted by molar-refractivity contribution is 6.04. The minimum absolute atomic E-state index is 0.0981. The van der Waals surface area contributed by atoms with E-state index in [1.165, 1.54) is 4.90 Å². The summed E-state index contributed by atoms with van der Waals surface area (Å²) in [6, 6.07) is 6.16. The molecule has 10 nitrogen and oxygen atoms in total. The van der Waals surface area contributed by atoms with Crippen molar-refractivity contribution in [3.05, 3.63) is 24.3 Å². The van der Waals surface area contributed by atoms with Crippen molar-refractivity contribution in [3.8, 4) is 5.88 Å². The van der Waals surface area contributed by atoms with E-state index < -0.39 is 24.1 Å². The topological polar surface area (TPSA) is 126 Å². The van der Waals surface area contributed by atoms with Gasteiger partial charge in [0.1, 0.15) is 0 Å². The number of para-hydroxylation sites is 1. The summed E-state index contributed by atoms with van der Waals surface area (Å²) in [7, 11) is 1.57. The number of azo groups is 1. The maximum absolute atomic E-state index is 12.2. The first-order chi connectivity index (χ1) is 12.5. The van der Waals surface area contributed by atoms with E-state index in [1.807, 2.05) is 31.2 Å². The number of carbonyl (C=O) groups is 2. The summed E-state index contributed by atoms with van der Waals surface area (Å²) in [4.78, 5) is 34.3. The second-order valence-electron chi connectivity index (χ2n) is 6.05. The van der Waals surface area contributed by atoms with E-state index in [1.54, 1.807) is 11.9 Å². The molecule has 3 heterocycles. The van der Waals surface area contributed by atoms with Crippen molar-refractivity contribution in [3.63, 3.8) is 0 Å². The number of nitrogens with one attached hydrogen (secondary N) is 2. The largest absolute Gasteiger partial charge is 0.493 e. The predicted molar refractivity (Wildman–Crippen MR) is 93.2 cm³/mol. The highest BCUT2D eigenvalue weighted by Gasteiger charge is 2.48. The van der Waals surface area contributed by atoms with Gasteiger partial charge in [-0.2, -0.15) is 0 Å². The van der Waals surface area contributed by atoms with Crippen LogP contribution in [-0.2, 0) is 4.79 Å². The molecule has 0 saturated carbocycles.